The second kappa shape index (κ2) is 3.65. The second-order valence-corrected chi connectivity index (χ2v) is 3.23. The maximum Gasteiger partial charge on any atom is 0.0662 e. The molecule has 2 nitrogen and oxygen atoms in total. The molecule has 1 aromatic heterocycles. The lowest BCUT2D eigenvalue weighted by atomic mass is 10.1. The minimum atomic E-state index is 1.04. The molecule has 0 saturated carbocycles. The molecule has 0 spiro atoms. The van der Waals surface area contributed by atoms with Crippen molar-refractivity contribution in [1.82, 2.24) is 10.2 Å². The van der Waals surface area contributed by atoms with Gasteiger partial charge < -0.3 is 0 Å². The molecule has 12 heavy (non-hydrogen) atoms. The lowest BCUT2D eigenvalue weighted by Crippen LogP contribution is -2.02. The minimum Gasteiger partial charge on any atom is -0.155 e. The van der Waals surface area contributed by atoms with Crippen LogP contribution in [0.3, 0.4) is 0 Å². The van der Waals surface area contributed by atoms with Gasteiger partial charge in [0, 0.05) is 0 Å². The highest BCUT2D eigenvalue weighted by Crippen LogP contribution is 2.13. The number of hydrogen-bond acceptors (Lipinski definition) is 2. The fourth-order valence-corrected chi connectivity index (χ4v) is 1.25. The molecular weight excluding hydrogens is 148 g/mol. The molecule has 0 fully saturated rings. The zero-order valence-electron chi connectivity index (χ0n) is 8.31. The molecule has 2 heteroatoms. The Hall–Kier alpha value is -0.920. The van der Waals surface area contributed by atoms with Gasteiger partial charge in [-0.1, -0.05) is 13.3 Å². The Bertz CT molecular complexity index is 279. The molecule has 66 valence electrons. The quantitative estimate of drug-likeness (QED) is 0.670. The number of aromatic nitrogens is 2. The Morgan fingerprint density at radius 3 is 2.25 bits per heavy atom. The van der Waals surface area contributed by atoms with E-state index in [1.807, 2.05) is 6.92 Å². The predicted molar refractivity (Wildman–Crippen MR) is 50.2 cm³/mol. The first-order valence-electron chi connectivity index (χ1n) is 4.46. The van der Waals surface area contributed by atoms with Gasteiger partial charge in [0.1, 0.15) is 0 Å². The topological polar surface area (TPSA) is 25.8 Å². The summed E-state index contributed by atoms with van der Waals surface area (Å²) in [6.07, 6.45) is 2.18. The van der Waals surface area contributed by atoms with E-state index in [0.29, 0.717) is 0 Å². The summed E-state index contributed by atoms with van der Waals surface area (Å²) in [6.45, 7) is 8.40. The summed E-state index contributed by atoms with van der Waals surface area (Å²) in [7, 11) is 0. The van der Waals surface area contributed by atoms with Crippen molar-refractivity contribution in [2.45, 2.75) is 40.5 Å². The van der Waals surface area contributed by atoms with Crippen molar-refractivity contribution in [2.75, 3.05) is 0 Å². The average Bonchev–Trinajstić information content (AvgIpc) is 2.07. The zero-order chi connectivity index (χ0) is 9.14. The van der Waals surface area contributed by atoms with E-state index in [2.05, 4.69) is 31.0 Å². The van der Waals surface area contributed by atoms with E-state index in [0.717, 1.165) is 24.2 Å². The van der Waals surface area contributed by atoms with E-state index in [-0.39, 0.29) is 0 Å². The van der Waals surface area contributed by atoms with Crippen LogP contribution < -0.4 is 0 Å². The molecule has 0 atom stereocenters. The van der Waals surface area contributed by atoms with Gasteiger partial charge in [-0.3, -0.25) is 0 Å². The maximum atomic E-state index is 4.18. The van der Waals surface area contributed by atoms with Crippen LogP contribution in [-0.2, 0) is 6.42 Å². The van der Waals surface area contributed by atoms with Crippen molar-refractivity contribution in [2.24, 2.45) is 0 Å². The Morgan fingerprint density at radius 2 is 1.67 bits per heavy atom. The number of aryl methyl sites for hydroxylation is 2. The van der Waals surface area contributed by atoms with E-state index in [1.165, 1.54) is 11.1 Å². The van der Waals surface area contributed by atoms with Crippen LogP contribution in [0.5, 0.6) is 0 Å². The third kappa shape index (κ3) is 1.63. The Kier molecular flexibility index (Phi) is 2.79. The van der Waals surface area contributed by atoms with Crippen LogP contribution in [0.2, 0.25) is 0 Å². The molecule has 1 aromatic rings. The Balaban J connectivity index is 3.08. The molecular formula is C10H16N2. The van der Waals surface area contributed by atoms with Crippen LogP contribution in [0, 0.1) is 20.8 Å². The molecule has 0 N–H and O–H groups in total. The van der Waals surface area contributed by atoms with Gasteiger partial charge in [0.05, 0.1) is 11.4 Å². The highest BCUT2D eigenvalue weighted by Gasteiger charge is 2.04. The van der Waals surface area contributed by atoms with Crippen LogP contribution in [-0.4, -0.2) is 10.2 Å². The summed E-state index contributed by atoms with van der Waals surface area (Å²) < 4.78 is 0. The Morgan fingerprint density at radius 1 is 1.00 bits per heavy atom. The first-order valence-corrected chi connectivity index (χ1v) is 4.46. The van der Waals surface area contributed by atoms with Crippen molar-refractivity contribution < 1.29 is 0 Å². The molecule has 0 unspecified atom stereocenters. The fraction of sp³-hybridized carbons (Fsp3) is 0.600. The maximum absolute atomic E-state index is 4.18. The molecule has 1 heterocycles. The Labute approximate surface area is 74.0 Å². The van der Waals surface area contributed by atoms with Gasteiger partial charge in [-0.15, -0.1) is 0 Å². The van der Waals surface area contributed by atoms with Gasteiger partial charge in [-0.05, 0) is 38.3 Å². The van der Waals surface area contributed by atoms with Crippen LogP contribution in [0.15, 0.2) is 0 Å². The van der Waals surface area contributed by atoms with E-state index in [4.69, 9.17) is 0 Å². The van der Waals surface area contributed by atoms with Gasteiger partial charge in [0.15, 0.2) is 0 Å². The molecule has 0 bridgehead atoms. The van der Waals surface area contributed by atoms with Gasteiger partial charge in [0.2, 0.25) is 0 Å². The van der Waals surface area contributed by atoms with Crippen LogP contribution in [0.1, 0.15) is 35.9 Å². The zero-order valence-corrected chi connectivity index (χ0v) is 8.31. The van der Waals surface area contributed by atoms with Gasteiger partial charge in [-0.25, -0.2) is 0 Å². The standard InChI is InChI=1S/C10H16N2/c1-5-6-10-8(3)7(2)9(4)11-12-10/h5-6H2,1-4H3. The largest absolute Gasteiger partial charge is 0.155 e. The van der Waals surface area contributed by atoms with Gasteiger partial charge >= 0.3 is 0 Å². The first-order chi connectivity index (χ1) is 5.66. The highest BCUT2D eigenvalue weighted by atomic mass is 15.1. The summed E-state index contributed by atoms with van der Waals surface area (Å²) in [5, 5.41) is 8.29. The van der Waals surface area contributed by atoms with Crippen LogP contribution in [0.25, 0.3) is 0 Å². The lowest BCUT2D eigenvalue weighted by Gasteiger charge is -2.07. The number of nitrogens with zero attached hydrogens (tertiary/aromatic N) is 2. The molecule has 0 aliphatic heterocycles. The molecule has 0 aliphatic carbocycles. The molecule has 0 amide bonds. The van der Waals surface area contributed by atoms with Gasteiger partial charge in [0.25, 0.3) is 0 Å². The summed E-state index contributed by atoms with van der Waals surface area (Å²) in [5.74, 6) is 0. The van der Waals surface area contributed by atoms with Crippen molar-refractivity contribution >= 4 is 0 Å². The third-order valence-electron chi connectivity index (χ3n) is 2.35. The van der Waals surface area contributed by atoms with Crippen LogP contribution in [0.4, 0.5) is 0 Å². The molecule has 0 aliphatic rings. The molecule has 0 radical (unpaired) electrons. The van der Waals surface area contributed by atoms with Gasteiger partial charge in [-0.2, -0.15) is 10.2 Å². The van der Waals surface area contributed by atoms with E-state index in [1.54, 1.807) is 0 Å². The van der Waals surface area contributed by atoms with Crippen molar-refractivity contribution in [3.63, 3.8) is 0 Å². The molecule has 1 rings (SSSR count). The summed E-state index contributed by atoms with van der Waals surface area (Å²) in [4.78, 5) is 0. The third-order valence-corrected chi connectivity index (χ3v) is 2.35. The average molecular weight is 164 g/mol. The summed E-state index contributed by atoms with van der Waals surface area (Å²) in [6, 6.07) is 0. The van der Waals surface area contributed by atoms with E-state index < -0.39 is 0 Å². The molecule has 0 saturated heterocycles. The number of rotatable bonds is 2. The normalized spacial score (nSPS) is 10.3. The lowest BCUT2D eigenvalue weighted by molar-refractivity contribution is 0.806. The fourth-order valence-electron chi connectivity index (χ4n) is 1.25. The van der Waals surface area contributed by atoms with Crippen molar-refractivity contribution in [3.8, 4) is 0 Å². The van der Waals surface area contributed by atoms with Crippen molar-refractivity contribution in [3.05, 3.63) is 22.5 Å². The van der Waals surface area contributed by atoms with E-state index in [9.17, 15) is 0 Å². The summed E-state index contributed by atoms with van der Waals surface area (Å²) in [5.41, 5.74) is 4.80. The minimum absolute atomic E-state index is 1.04. The second-order valence-electron chi connectivity index (χ2n) is 3.23. The number of hydrogen-bond donors (Lipinski definition) is 0. The smallest absolute Gasteiger partial charge is 0.0662 e. The predicted octanol–water partition coefficient (Wildman–Crippen LogP) is 2.35. The SMILES string of the molecule is CCCc1nnc(C)c(C)c1C. The summed E-state index contributed by atoms with van der Waals surface area (Å²) >= 11 is 0. The molecule has 0 aromatic carbocycles. The highest BCUT2D eigenvalue weighted by molar-refractivity contribution is 5.29. The van der Waals surface area contributed by atoms with E-state index >= 15 is 0 Å². The van der Waals surface area contributed by atoms with Crippen molar-refractivity contribution in [1.29, 1.82) is 0 Å². The first kappa shape index (κ1) is 9.17. The van der Waals surface area contributed by atoms with Crippen LogP contribution >= 0.6 is 0 Å². The monoisotopic (exact) mass is 164 g/mol.